The van der Waals surface area contributed by atoms with Gasteiger partial charge in [0.05, 0.1) is 13.2 Å². The maximum absolute atomic E-state index is 10.1. The van der Waals surface area contributed by atoms with Crippen molar-refractivity contribution in [2.75, 3.05) is 33.4 Å². The first-order valence-electron chi connectivity index (χ1n) is 4.78. The summed E-state index contributed by atoms with van der Waals surface area (Å²) in [5.74, 6) is 0. The second kappa shape index (κ2) is 11.7. The van der Waals surface area contributed by atoms with E-state index in [4.69, 9.17) is 9.05 Å². The van der Waals surface area contributed by atoms with E-state index in [0.717, 1.165) is 0 Å². The second-order valence-electron chi connectivity index (χ2n) is 2.75. The van der Waals surface area contributed by atoms with Crippen molar-refractivity contribution < 1.29 is 33.0 Å². The van der Waals surface area contributed by atoms with Gasteiger partial charge in [-0.1, -0.05) is 0 Å². The maximum atomic E-state index is 10.1. The van der Waals surface area contributed by atoms with Crippen LogP contribution in [0.3, 0.4) is 0 Å². The van der Waals surface area contributed by atoms with E-state index in [9.17, 15) is 14.5 Å². The van der Waals surface area contributed by atoms with Gasteiger partial charge >= 0.3 is 8.60 Å². The fourth-order valence-corrected chi connectivity index (χ4v) is 1.38. The fraction of sp³-hybridized carbons (Fsp3) is 0.750. The summed E-state index contributed by atoms with van der Waals surface area (Å²) in [6.45, 7) is 1.06. The number of ether oxygens (including phenoxy) is 2. The molecule has 2 N–H and O–H groups in total. The Hall–Kier alpha value is -0.790. The van der Waals surface area contributed by atoms with Crippen LogP contribution < -0.4 is 5.32 Å². The van der Waals surface area contributed by atoms with Crippen LogP contribution in [0.25, 0.3) is 0 Å². The third-order valence-corrected chi connectivity index (χ3v) is 2.30. The molecule has 0 aliphatic rings. The lowest BCUT2D eigenvalue weighted by atomic mass is 10.4. The van der Waals surface area contributed by atoms with E-state index < -0.39 is 14.7 Å². The molecular formula is C8H16NO7P. The lowest BCUT2D eigenvalue weighted by molar-refractivity contribution is -0.144. The van der Waals surface area contributed by atoms with Crippen LogP contribution >= 0.6 is 8.60 Å². The van der Waals surface area contributed by atoms with Crippen LogP contribution in [0, 0.1) is 0 Å². The number of carbonyl (C=O) groups is 2. The first-order valence-corrected chi connectivity index (χ1v) is 5.91. The monoisotopic (exact) mass is 269 g/mol. The highest BCUT2D eigenvalue weighted by Gasteiger charge is 2.15. The summed E-state index contributed by atoms with van der Waals surface area (Å²) >= 11 is 0. The summed E-state index contributed by atoms with van der Waals surface area (Å²) in [7, 11) is -0.286. The van der Waals surface area contributed by atoms with Gasteiger partial charge in [0.15, 0.2) is 6.10 Å². The van der Waals surface area contributed by atoms with Crippen LogP contribution in [0.1, 0.15) is 0 Å². The molecular weight excluding hydrogens is 253 g/mol. The van der Waals surface area contributed by atoms with E-state index in [1.807, 2.05) is 0 Å². The Bertz CT molecular complexity index is 206. The third-order valence-electron chi connectivity index (χ3n) is 1.52. The van der Waals surface area contributed by atoms with Crippen molar-refractivity contribution >= 4 is 21.5 Å². The molecule has 0 bridgehead atoms. The Balaban J connectivity index is 3.69. The topological polar surface area (TPSA) is 103 Å². The number of hydrogen-bond donors (Lipinski definition) is 2. The van der Waals surface area contributed by atoms with Gasteiger partial charge in [-0.3, -0.25) is 9.59 Å². The molecule has 0 aliphatic heterocycles. The van der Waals surface area contributed by atoms with Crippen molar-refractivity contribution in [1.29, 1.82) is 0 Å². The van der Waals surface area contributed by atoms with Gasteiger partial charge in [-0.15, -0.1) is 0 Å². The number of carbonyl (C=O) groups excluding carboxylic acids is 2. The average Bonchev–Trinajstić information content (AvgIpc) is 2.33. The van der Waals surface area contributed by atoms with E-state index in [1.54, 1.807) is 7.05 Å². The summed E-state index contributed by atoms with van der Waals surface area (Å²) in [4.78, 5) is 29.3. The Kier molecular flexibility index (Phi) is 11.1. The van der Waals surface area contributed by atoms with Crippen molar-refractivity contribution in [2.45, 2.75) is 6.10 Å². The standard InChI is InChI=1S/C8H16NO7P/c1-9-2-3-15-17(12)16-5-8(14-7-11)4-13-6-10/h6-9,12H,2-5H2,1H3. The zero-order valence-corrected chi connectivity index (χ0v) is 10.3. The van der Waals surface area contributed by atoms with Gasteiger partial charge in [-0.05, 0) is 7.05 Å². The predicted octanol–water partition coefficient (Wildman–Crippen LogP) is -0.827. The van der Waals surface area contributed by atoms with Gasteiger partial charge in [0, 0.05) is 6.54 Å². The Morgan fingerprint density at radius 3 is 2.65 bits per heavy atom. The lowest BCUT2D eigenvalue weighted by Gasteiger charge is -2.16. The van der Waals surface area contributed by atoms with Crippen LogP contribution in [0.4, 0.5) is 0 Å². The number of likely N-dealkylation sites (N-methyl/N-ethyl adjacent to an activating group) is 1. The highest BCUT2D eigenvalue weighted by molar-refractivity contribution is 7.40. The lowest BCUT2D eigenvalue weighted by Crippen LogP contribution is -2.24. The minimum atomic E-state index is -2.03. The first-order chi connectivity index (χ1) is 8.24. The highest BCUT2D eigenvalue weighted by atomic mass is 31.2. The van der Waals surface area contributed by atoms with Crippen molar-refractivity contribution in [3.63, 3.8) is 0 Å². The molecule has 9 heteroatoms. The predicted molar refractivity (Wildman–Crippen MR) is 57.9 cm³/mol. The molecule has 8 nitrogen and oxygen atoms in total. The molecule has 17 heavy (non-hydrogen) atoms. The number of nitrogens with one attached hydrogen (secondary N) is 1. The van der Waals surface area contributed by atoms with Crippen molar-refractivity contribution in [2.24, 2.45) is 0 Å². The smallest absolute Gasteiger partial charge is 0.330 e. The number of hydrogen-bond acceptors (Lipinski definition) is 8. The molecule has 0 aliphatic carbocycles. The molecule has 0 radical (unpaired) electrons. The largest absolute Gasteiger partial charge is 0.464 e. The molecule has 0 fully saturated rings. The summed E-state index contributed by atoms with van der Waals surface area (Å²) in [6, 6.07) is 0. The second-order valence-corrected chi connectivity index (χ2v) is 3.75. The van der Waals surface area contributed by atoms with Crippen LogP contribution in [0.5, 0.6) is 0 Å². The molecule has 0 rings (SSSR count). The molecule has 0 saturated carbocycles. The zero-order chi connectivity index (χ0) is 12.9. The van der Waals surface area contributed by atoms with Crippen molar-refractivity contribution in [3.8, 4) is 0 Å². The van der Waals surface area contributed by atoms with Crippen LogP contribution in [-0.4, -0.2) is 57.4 Å². The van der Waals surface area contributed by atoms with Gasteiger partial charge in [0.1, 0.15) is 6.61 Å². The third kappa shape index (κ3) is 10.1. The minimum absolute atomic E-state index is 0.117. The molecule has 100 valence electrons. The summed E-state index contributed by atoms with van der Waals surface area (Å²) in [5.41, 5.74) is 0. The minimum Gasteiger partial charge on any atom is -0.464 e. The molecule has 0 saturated heterocycles. The quantitative estimate of drug-likeness (QED) is 0.269. The van der Waals surface area contributed by atoms with E-state index >= 15 is 0 Å². The van der Waals surface area contributed by atoms with Crippen LogP contribution in [-0.2, 0) is 28.1 Å². The van der Waals surface area contributed by atoms with E-state index in [1.165, 1.54) is 0 Å². The zero-order valence-electron chi connectivity index (χ0n) is 9.40. The van der Waals surface area contributed by atoms with Crippen molar-refractivity contribution in [3.05, 3.63) is 0 Å². The molecule has 0 heterocycles. The Morgan fingerprint density at radius 1 is 1.29 bits per heavy atom. The van der Waals surface area contributed by atoms with E-state index in [2.05, 4.69) is 14.8 Å². The summed E-state index contributed by atoms with van der Waals surface area (Å²) in [6.07, 6.45) is -0.761. The van der Waals surface area contributed by atoms with E-state index in [-0.39, 0.29) is 26.2 Å². The SMILES string of the molecule is CNCCOP(O)OCC(COC=O)OC=O. The Labute approximate surface area is 100 Å². The highest BCUT2D eigenvalue weighted by Crippen LogP contribution is 2.32. The number of rotatable bonds is 12. The molecule has 0 amide bonds. The van der Waals surface area contributed by atoms with E-state index in [0.29, 0.717) is 13.2 Å². The van der Waals surface area contributed by atoms with Crippen LogP contribution in [0.2, 0.25) is 0 Å². The normalized spacial score (nSPS) is 13.8. The van der Waals surface area contributed by atoms with Gasteiger partial charge in [0.2, 0.25) is 0 Å². The van der Waals surface area contributed by atoms with Gasteiger partial charge in [-0.2, -0.15) is 0 Å². The Morgan fingerprint density at radius 2 is 2.06 bits per heavy atom. The molecule has 0 aromatic rings. The molecule has 0 spiro atoms. The molecule has 0 aromatic carbocycles. The van der Waals surface area contributed by atoms with Crippen LogP contribution in [0.15, 0.2) is 0 Å². The first kappa shape index (κ1) is 16.2. The molecule has 0 aromatic heterocycles. The summed E-state index contributed by atoms with van der Waals surface area (Å²) in [5, 5.41) is 2.82. The van der Waals surface area contributed by atoms with Gasteiger partial charge in [-0.25, -0.2) is 0 Å². The summed E-state index contributed by atoms with van der Waals surface area (Å²) < 4.78 is 18.8. The van der Waals surface area contributed by atoms with Gasteiger partial charge < -0.3 is 28.7 Å². The maximum Gasteiger partial charge on any atom is 0.330 e. The fourth-order valence-electron chi connectivity index (χ4n) is 0.762. The van der Waals surface area contributed by atoms with Gasteiger partial charge in [0.25, 0.3) is 12.9 Å². The average molecular weight is 269 g/mol. The molecule has 2 unspecified atom stereocenters. The van der Waals surface area contributed by atoms with Crippen molar-refractivity contribution in [1.82, 2.24) is 5.32 Å². The molecule has 2 atom stereocenters.